The summed E-state index contributed by atoms with van der Waals surface area (Å²) in [5, 5.41) is 15.1. The first kappa shape index (κ1) is 25.9. The van der Waals surface area contributed by atoms with E-state index in [0.29, 0.717) is 14.7 Å². The van der Waals surface area contributed by atoms with Gasteiger partial charge in [-0.05, 0) is 19.1 Å². The van der Waals surface area contributed by atoms with Crippen LogP contribution in [-0.2, 0) is 16.6 Å². The zero-order chi connectivity index (χ0) is 25.9. The summed E-state index contributed by atoms with van der Waals surface area (Å²) in [6, 6.07) is 2.90. The second-order valence-corrected chi connectivity index (χ2v) is 12.1. The van der Waals surface area contributed by atoms with Crippen molar-refractivity contribution in [2.75, 3.05) is 16.3 Å². The molecule has 2 heterocycles. The second kappa shape index (κ2) is 7.38. The molecule has 2 aromatic heterocycles. The number of nitrogens with zero attached hydrogens (tertiary/aromatic N) is 5. The maximum absolute atomic E-state index is 13.2. The maximum atomic E-state index is 13.2. The molecule has 0 amide bonds. The highest BCUT2D eigenvalue weighted by atomic mass is 35.5. The minimum Gasteiger partial charge on any atom is -0.382 e. The Hall–Kier alpha value is -2.74. The molecule has 0 aliphatic carbocycles. The molecule has 0 bridgehead atoms. The normalized spacial score (nSPS) is 14.4. The van der Waals surface area contributed by atoms with Crippen LogP contribution in [0.2, 0.25) is 10.0 Å². The first-order valence-electron chi connectivity index (χ1n) is 8.65. The van der Waals surface area contributed by atoms with Crippen molar-refractivity contribution in [2.45, 2.75) is 18.4 Å². The van der Waals surface area contributed by atoms with E-state index in [1.807, 2.05) is 0 Å². The van der Waals surface area contributed by atoms with E-state index in [-0.39, 0.29) is 17.8 Å². The van der Waals surface area contributed by atoms with Gasteiger partial charge >= 0.3 is 10.2 Å². The summed E-state index contributed by atoms with van der Waals surface area (Å²) in [7, 11) is -14.3. The number of hydrogen-bond acceptors (Lipinski definition) is 7. The zero-order valence-corrected chi connectivity index (χ0v) is 20.1. The molecule has 9 nitrogen and oxygen atoms in total. The monoisotopic (exact) mass is 566 g/mol. The highest BCUT2D eigenvalue weighted by Gasteiger charge is 2.65. The third-order valence-corrected chi connectivity index (χ3v) is 7.10. The molecule has 0 saturated carbocycles. The van der Waals surface area contributed by atoms with Crippen molar-refractivity contribution in [3.05, 3.63) is 45.4 Å². The molecular formula is C16H13Cl2F5N6O3S2. The predicted octanol–water partition coefficient (Wildman–Crippen LogP) is 5.55. The van der Waals surface area contributed by atoms with Crippen LogP contribution in [0, 0.1) is 18.3 Å². The summed E-state index contributed by atoms with van der Waals surface area (Å²) in [5.41, 5.74) is 4.51. The second-order valence-electron chi connectivity index (χ2n) is 7.01. The van der Waals surface area contributed by atoms with Crippen LogP contribution in [0.15, 0.2) is 27.6 Å². The molecule has 0 unspecified atom stereocenters. The number of nitrogen functional groups attached to an aromatic ring is 1. The molecule has 2 N–H and O–H groups in total. The summed E-state index contributed by atoms with van der Waals surface area (Å²) in [4.78, 5) is -2.36. The lowest BCUT2D eigenvalue weighted by molar-refractivity contribution is 0.364. The molecular weight excluding hydrogens is 554 g/mol. The summed E-state index contributed by atoms with van der Waals surface area (Å²) >= 11 is 11.7. The van der Waals surface area contributed by atoms with Crippen LogP contribution in [0.25, 0.3) is 5.69 Å². The van der Waals surface area contributed by atoms with Crippen molar-refractivity contribution >= 4 is 55.0 Å². The summed E-state index contributed by atoms with van der Waals surface area (Å²) in [5.74, 6) is -0.221. The van der Waals surface area contributed by atoms with Crippen LogP contribution in [0.1, 0.15) is 17.1 Å². The van der Waals surface area contributed by atoms with Crippen molar-refractivity contribution in [1.29, 1.82) is 5.26 Å². The molecule has 0 radical (unpaired) electrons. The number of nitrogens with two attached hydrogens (primary N) is 1. The Balaban J connectivity index is 2.25. The number of benzene rings is 1. The Kier molecular flexibility index (Phi) is 5.61. The summed E-state index contributed by atoms with van der Waals surface area (Å²) in [6.45, 7) is 1.10. The Labute approximate surface area is 199 Å². The van der Waals surface area contributed by atoms with Crippen molar-refractivity contribution in [3.8, 4) is 11.8 Å². The number of hydrogen-bond donors (Lipinski definition) is 1. The number of nitriles is 1. The fourth-order valence-corrected chi connectivity index (χ4v) is 5.22. The van der Waals surface area contributed by atoms with Gasteiger partial charge in [0.15, 0.2) is 11.5 Å². The Morgan fingerprint density at radius 2 is 1.76 bits per heavy atom. The molecule has 0 aliphatic rings. The van der Waals surface area contributed by atoms with Crippen LogP contribution in [-0.4, -0.2) is 29.6 Å². The predicted molar refractivity (Wildman–Crippen MR) is 116 cm³/mol. The molecule has 0 aliphatic heterocycles. The van der Waals surface area contributed by atoms with E-state index in [9.17, 15) is 33.1 Å². The molecule has 0 fully saturated rings. The maximum Gasteiger partial charge on any atom is 0.310 e. The van der Waals surface area contributed by atoms with Gasteiger partial charge in [-0.2, -0.15) is 10.4 Å². The van der Waals surface area contributed by atoms with Crippen molar-refractivity contribution in [1.82, 2.24) is 14.9 Å². The average Bonchev–Trinajstić information content (AvgIpc) is 3.19. The van der Waals surface area contributed by atoms with Gasteiger partial charge in [0.1, 0.15) is 33.8 Å². The topological polar surface area (TPSA) is 131 Å². The zero-order valence-electron chi connectivity index (χ0n) is 16.9. The molecule has 0 atom stereocenters. The van der Waals surface area contributed by atoms with Crippen LogP contribution in [0.3, 0.4) is 0 Å². The lowest BCUT2D eigenvalue weighted by Crippen LogP contribution is -2.30. The number of rotatable bonds is 6. The number of aromatic nitrogens is 3. The van der Waals surface area contributed by atoms with Crippen LogP contribution in [0.4, 0.5) is 30.9 Å². The summed E-state index contributed by atoms with van der Waals surface area (Å²) < 4.78 is 97.1. The molecule has 3 rings (SSSR count). The lowest BCUT2D eigenvalue weighted by Gasteiger charge is -2.40. The SMILES string of the molecule is Cc1cc(CN(c2c(C#N)nn(-c3c(Cl)cc(S(F)(F)(F)(F)F)cc3Cl)c2N)S(C)(=O)=O)no1. The molecule has 1 aromatic carbocycles. The third kappa shape index (κ3) is 5.02. The van der Waals surface area contributed by atoms with Crippen LogP contribution in [0.5, 0.6) is 0 Å². The van der Waals surface area contributed by atoms with Crippen LogP contribution < -0.4 is 10.0 Å². The van der Waals surface area contributed by atoms with E-state index in [0.717, 1.165) is 6.26 Å². The van der Waals surface area contributed by atoms with E-state index in [2.05, 4.69) is 10.3 Å². The van der Waals surface area contributed by atoms with Gasteiger partial charge in [-0.3, -0.25) is 4.31 Å². The Morgan fingerprint density at radius 3 is 2.18 bits per heavy atom. The Bertz CT molecular complexity index is 1440. The standard InChI is InChI=1S/C16H13Cl2F5N6O3S2/c1-8-3-9(27-32-8)7-28(33(2,30)31)15-13(6-24)26-29(16(15)25)14-11(17)4-10(5-12(14)18)34(19,20,21,22)23/h3-5H,7,25H2,1-2H3. The number of anilines is 2. The number of aryl methyl sites for hydroxylation is 1. The number of sulfonamides is 1. The first-order chi connectivity index (χ1) is 15.2. The molecule has 34 heavy (non-hydrogen) atoms. The number of halogens is 7. The molecule has 186 valence electrons. The Morgan fingerprint density at radius 1 is 1.21 bits per heavy atom. The highest BCUT2D eigenvalue weighted by Crippen LogP contribution is 3.02. The van der Waals surface area contributed by atoms with Crippen LogP contribution >= 0.6 is 33.4 Å². The van der Waals surface area contributed by atoms with Crippen molar-refractivity contribution in [2.24, 2.45) is 0 Å². The van der Waals surface area contributed by atoms with Gasteiger partial charge in [-0.1, -0.05) is 47.8 Å². The third-order valence-electron chi connectivity index (χ3n) is 4.28. The van der Waals surface area contributed by atoms with E-state index in [4.69, 9.17) is 33.5 Å². The van der Waals surface area contributed by atoms with Gasteiger partial charge in [0, 0.05) is 6.07 Å². The highest BCUT2D eigenvalue weighted by molar-refractivity contribution is 8.45. The van der Waals surface area contributed by atoms with Gasteiger partial charge in [0.2, 0.25) is 10.0 Å². The smallest absolute Gasteiger partial charge is 0.310 e. The lowest BCUT2D eigenvalue weighted by atomic mass is 10.3. The minimum absolute atomic E-state index is 0.0658. The molecule has 0 saturated heterocycles. The molecule has 18 heteroatoms. The van der Waals surface area contributed by atoms with Crippen molar-refractivity contribution in [3.63, 3.8) is 0 Å². The van der Waals surface area contributed by atoms with Crippen molar-refractivity contribution < 1.29 is 32.4 Å². The van der Waals surface area contributed by atoms with E-state index >= 15 is 0 Å². The van der Waals surface area contributed by atoms with E-state index in [1.165, 1.54) is 6.07 Å². The fraction of sp³-hybridized carbons (Fsp3) is 0.188. The van der Waals surface area contributed by atoms with Gasteiger partial charge in [-0.25, -0.2) is 13.1 Å². The van der Waals surface area contributed by atoms with Gasteiger partial charge < -0.3 is 10.3 Å². The first-order valence-corrected chi connectivity index (χ1v) is 13.2. The summed E-state index contributed by atoms with van der Waals surface area (Å²) in [6.07, 6.45) is 0.793. The molecule has 3 aromatic rings. The van der Waals surface area contributed by atoms with Gasteiger partial charge in [0.25, 0.3) is 0 Å². The largest absolute Gasteiger partial charge is 0.382 e. The minimum atomic E-state index is -10.1. The van der Waals surface area contributed by atoms with E-state index < -0.39 is 64.6 Å². The quantitative estimate of drug-likeness (QED) is 0.386. The molecule has 0 spiro atoms. The van der Waals surface area contributed by atoms with E-state index in [1.54, 1.807) is 13.0 Å². The average molecular weight is 567 g/mol. The van der Waals surface area contributed by atoms with Gasteiger partial charge in [-0.15, -0.1) is 0 Å². The fourth-order valence-electron chi connectivity index (χ4n) is 2.88. The van der Waals surface area contributed by atoms with Gasteiger partial charge in [0.05, 0.1) is 22.8 Å².